The van der Waals surface area contributed by atoms with Crippen LogP contribution in [0.2, 0.25) is 0 Å². The second-order valence-electron chi connectivity index (χ2n) is 6.44. The minimum Gasteiger partial charge on any atom is -0.490 e. The van der Waals surface area contributed by atoms with E-state index in [4.69, 9.17) is 4.74 Å². The summed E-state index contributed by atoms with van der Waals surface area (Å²) in [6.45, 7) is 6.87. The maximum Gasteiger partial charge on any atom is 0.165 e. The number of aromatic nitrogens is 2. The van der Waals surface area contributed by atoms with E-state index < -0.39 is 0 Å². The van der Waals surface area contributed by atoms with Gasteiger partial charge < -0.3 is 14.2 Å². The van der Waals surface area contributed by atoms with Gasteiger partial charge in [-0.25, -0.2) is 9.37 Å². The van der Waals surface area contributed by atoms with Crippen LogP contribution in [0.1, 0.15) is 25.6 Å². The minimum absolute atomic E-state index is 0.280. The van der Waals surface area contributed by atoms with Crippen LogP contribution >= 0.6 is 0 Å². The molecule has 130 valence electrons. The molecule has 1 aliphatic heterocycles. The van der Waals surface area contributed by atoms with Gasteiger partial charge in [-0.15, -0.1) is 0 Å². The molecule has 0 amide bonds. The number of likely N-dealkylation sites (tertiary alicyclic amines) is 1. The predicted molar refractivity (Wildman–Crippen MR) is 92.7 cm³/mol. The number of piperidine rings is 1. The number of benzene rings is 1. The Morgan fingerprint density at radius 1 is 1.29 bits per heavy atom. The highest BCUT2D eigenvalue weighted by atomic mass is 19.1. The molecule has 0 N–H and O–H groups in total. The number of imidazole rings is 1. The molecule has 0 radical (unpaired) electrons. The predicted octanol–water partition coefficient (Wildman–Crippen LogP) is 3.38. The highest BCUT2D eigenvalue weighted by molar-refractivity contribution is 5.23. The van der Waals surface area contributed by atoms with Gasteiger partial charge in [-0.05, 0) is 31.5 Å². The number of aryl methyl sites for hydroxylation is 1. The van der Waals surface area contributed by atoms with Gasteiger partial charge in [0.05, 0.1) is 6.61 Å². The molecule has 5 heteroatoms. The third kappa shape index (κ3) is 4.35. The molecule has 1 fully saturated rings. The van der Waals surface area contributed by atoms with E-state index >= 15 is 0 Å². The molecular formula is C19H26FN3O. The Balaban J connectivity index is 1.47. The Hall–Kier alpha value is -1.88. The summed E-state index contributed by atoms with van der Waals surface area (Å²) in [6.07, 6.45) is 7.22. The maximum absolute atomic E-state index is 13.6. The van der Waals surface area contributed by atoms with E-state index in [-0.39, 0.29) is 5.82 Å². The molecule has 1 aromatic heterocycles. The van der Waals surface area contributed by atoms with Crippen molar-refractivity contribution in [2.24, 2.45) is 5.92 Å². The molecule has 1 unspecified atom stereocenters. The Labute approximate surface area is 143 Å². The van der Waals surface area contributed by atoms with E-state index in [1.807, 2.05) is 12.3 Å². The lowest BCUT2D eigenvalue weighted by molar-refractivity contribution is 0.125. The second-order valence-corrected chi connectivity index (χ2v) is 6.44. The highest BCUT2D eigenvalue weighted by Crippen LogP contribution is 2.20. The van der Waals surface area contributed by atoms with Gasteiger partial charge in [0, 0.05) is 44.4 Å². The number of halogens is 1. The average Bonchev–Trinajstić information content (AvgIpc) is 3.07. The largest absolute Gasteiger partial charge is 0.490 e. The van der Waals surface area contributed by atoms with Gasteiger partial charge in [0.15, 0.2) is 11.6 Å². The van der Waals surface area contributed by atoms with Crippen molar-refractivity contribution < 1.29 is 9.13 Å². The van der Waals surface area contributed by atoms with E-state index in [1.54, 1.807) is 12.1 Å². The molecule has 1 aliphatic rings. The quantitative estimate of drug-likeness (QED) is 0.779. The smallest absolute Gasteiger partial charge is 0.165 e. The van der Waals surface area contributed by atoms with Crippen LogP contribution in [0.3, 0.4) is 0 Å². The van der Waals surface area contributed by atoms with Crippen LogP contribution in [-0.2, 0) is 13.0 Å². The fourth-order valence-electron chi connectivity index (χ4n) is 3.37. The van der Waals surface area contributed by atoms with Crippen LogP contribution in [0, 0.1) is 11.7 Å². The highest BCUT2D eigenvalue weighted by Gasteiger charge is 2.20. The Morgan fingerprint density at radius 3 is 3.00 bits per heavy atom. The molecule has 0 saturated carbocycles. The summed E-state index contributed by atoms with van der Waals surface area (Å²) in [6, 6.07) is 6.63. The summed E-state index contributed by atoms with van der Waals surface area (Å²) in [7, 11) is 0. The lowest BCUT2D eigenvalue weighted by Gasteiger charge is -2.32. The first-order valence-corrected chi connectivity index (χ1v) is 8.86. The summed E-state index contributed by atoms with van der Waals surface area (Å²) >= 11 is 0. The van der Waals surface area contributed by atoms with Crippen molar-refractivity contribution in [3.8, 4) is 5.75 Å². The van der Waals surface area contributed by atoms with Gasteiger partial charge >= 0.3 is 0 Å². The van der Waals surface area contributed by atoms with Crippen molar-refractivity contribution in [1.82, 2.24) is 14.5 Å². The number of hydrogen-bond donors (Lipinski definition) is 0. The molecule has 1 aromatic carbocycles. The van der Waals surface area contributed by atoms with E-state index in [2.05, 4.69) is 27.6 Å². The Bertz CT molecular complexity index is 643. The zero-order chi connectivity index (χ0) is 16.8. The molecule has 1 atom stereocenters. The van der Waals surface area contributed by atoms with Crippen molar-refractivity contribution in [2.75, 3.05) is 26.2 Å². The van der Waals surface area contributed by atoms with Crippen molar-refractivity contribution in [3.05, 3.63) is 48.3 Å². The first kappa shape index (κ1) is 17.0. The van der Waals surface area contributed by atoms with Crippen molar-refractivity contribution in [3.63, 3.8) is 0 Å². The molecule has 0 bridgehead atoms. The molecule has 0 aliphatic carbocycles. The van der Waals surface area contributed by atoms with Crippen LogP contribution in [0.15, 0.2) is 36.7 Å². The lowest BCUT2D eigenvalue weighted by atomic mass is 9.99. The van der Waals surface area contributed by atoms with Crippen molar-refractivity contribution >= 4 is 0 Å². The summed E-state index contributed by atoms with van der Waals surface area (Å²) in [4.78, 5) is 6.86. The molecule has 2 aromatic rings. The van der Waals surface area contributed by atoms with Crippen LogP contribution in [-0.4, -0.2) is 40.7 Å². The van der Waals surface area contributed by atoms with Gasteiger partial charge in [0.1, 0.15) is 5.82 Å². The van der Waals surface area contributed by atoms with Crippen LogP contribution in [0.4, 0.5) is 4.39 Å². The Kier molecular flexibility index (Phi) is 5.86. The van der Waals surface area contributed by atoms with E-state index in [1.165, 1.54) is 12.5 Å². The van der Waals surface area contributed by atoms with Crippen molar-refractivity contribution in [2.45, 2.75) is 32.7 Å². The summed E-state index contributed by atoms with van der Waals surface area (Å²) in [5.41, 5.74) is 0. The maximum atomic E-state index is 13.6. The van der Waals surface area contributed by atoms with Crippen molar-refractivity contribution in [1.29, 1.82) is 0 Å². The SMILES string of the molecule is CCc1nccn1CCN1CCCC(COc2ccccc2F)C1. The zero-order valence-electron chi connectivity index (χ0n) is 14.3. The third-order valence-corrected chi connectivity index (χ3v) is 4.69. The van der Waals surface area contributed by atoms with Gasteiger partial charge in [0.2, 0.25) is 0 Å². The third-order valence-electron chi connectivity index (χ3n) is 4.69. The molecule has 24 heavy (non-hydrogen) atoms. The summed E-state index contributed by atoms with van der Waals surface area (Å²) < 4.78 is 21.6. The van der Waals surface area contributed by atoms with Gasteiger partial charge in [0.25, 0.3) is 0 Å². The number of ether oxygens (including phenoxy) is 1. The molecule has 4 nitrogen and oxygen atoms in total. The van der Waals surface area contributed by atoms with Crippen LogP contribution in [0.5, 0.6) is 5.75 Å². The number of para-hydroxylation sites is 1. The Morgan fingerprint density at radius 2 is 2.17 bits per heavy atom. The molecule has 2 heterocycles. The van der Waals surface area contributed by atoms with Crippen LogP contribution in [0.25, 0.3) is 0 Å². The monoisotopic (exact) mass is 331 g/mol. The fraction of sp³-hybridized carbons (Fsp3) is 0.526. The number of rotatable bonds is 7. The lowest BCUT2D eigenvalue weighted by Crippen LogP contribution is -2.39. The normalized spacial score (nSPS) is 18.7. The van der Waals surface area contributed by atoms with Crippen LogP contribution < -0.4 is 4.74 Å². The molecular weight excluding hydrogens is 305 g/mol. The standard InChI is InChI=1S/C19H26FN3O/c1-2-19-21-9-11-23(19)13-12-22-10-5-6-16(14-22)15-24-18-8-4-3-7-17(18)20/h3-4,7-9,11,16H,2,5-6,10,12-15H2,1H3. The molecule has 3 rings (SSSR count). The fourth-order valence-corrected chi connectivity index (χ4v) is 3.37. The van der Waals surface area contributed by atoms with Gasteiger partial charge in [-0.2, -0.15) is 0 Å². The van der Waals surface area contributed by atoms with Gasteiger partial charge in [-0.1, -0.05) is 19.1 Å². The minimum atomic E-state index is -0.280. The molecule has 0 spiro atoms. The number of nitrogens with zero attached hydrogens (tertiary/aromatic N) is 3. The van der Waals surface area contributed by atoms with E-state index in [0.29, 0.717) is 18.3 Å². The van der Waals surface area contributed by atoms with Gasteiger partial charge in [-0.3, -0.25) is 0 Å². The molecule has 1 saturated heterocycles. The summed E-state index contributed by atoms with van der Waals surface area (Å²) in [5, 5.41) is 0. The topological polar surface area (TPSA) is 30.3 Å². The van der Waals surface area contributed by atoms with E-state index in [0.717, 1.165) is 44.8 Å². The zero-order valence-corrected chi connectivity index (χ0v) is 14.3. The first-order valence-electron chi connectivity index (χ1n) is 8.86. The second kappa shape index (κ2) is 8.29. The number of hydrogen-bond acceptors (Lipinski definition) is 3. The summed E-state index contributed by atoms with van der Waals surface area (Å²) in [5.74, 6) is 1.69. The van der Waals surface area contributed by atoms with E-state index in [9.17, 15) is 4.39 Å². The average molecular weight is 331 g/mol. The first-order chi connectivity index (χ1) is 11.8.